The minimum atomic E-state index is -2.35. The first-order chi connectivity index (χ1) is 27.0. The van der Waals surface area contributed by atoms with Gasteiger partial charge in [-0.2, -0.15) is 0 Å². The molecule has 15 heteroatoms. The summed E-state index contributed by atoms with van der Waals surface area (Å²) in [5.74, 6) is -5.36. The monoisotopic (exact) mass is 809 g/mol. The molecule has 1 aliphatic heterocycles. The van der Waals surface area contributed by atoms with Gasteiger partial charge >= 0.3 is 24.0 Å². The van der Waals surface area contributed by atoms with E-state index < -0.39 is 112 Å². The summed E-state index contributed by atoms with van der Waals surface area (Å²) in [4.78, 5) is 68.9. The summed E-state index contributed by atoms with van der Waals surface area (Å²) >= 11 is 0. The number of nitrogens with one attached hydrogen (secondary N) is 1. The number of ketones is 1. The molecule has 0 unspecified atom stereocenters. The van der Waals surface area contributed by atoms with Crippen LogP contribution in [0.2, 0.25) is 0 Å². The Labute approximate surface area is 338 Å². The van der Waals surface area contributed by atoms with E-state index in [9.17, 15) is 44.4 Å². The Morgan fingerprint density at radius 2 is 1.57 bits per heavy atom. The molecule has 1 heterocycles. The van der Waals surface area contributed by atoms with Crippen molar-refractivity contribution in [3.63, 3.8) is 0 Å². The largest absolute Gasteiger partial charge is 0.456 e. The van der Waals surface area contributed by atoms with E-state index in [1.807, 2.05) is 0 Å². The SMILES string of the molecule is CC(=O)O[C@@]12CO[C@@H]1C[C@H](O)[C@@]1(C)C(=O)[C@H](O)C3=C(C)[C@@H](OC(=O)[C@H](O)[C@@H](NC(=O)OC(C)(C)C)c4ccccc4)C[C@@](O)([C@@H](OC(=O)c4ccccc4)[C@H]21)C3(C)C.[HH]. The summed E-state index contributed by atoms with van der Waals surface area (Å²) in [6.07, 6.45) is -11.5. The van der Waals surface area contributed by atoms with Crippen molar-refractivity contribution in [2.24, 2.45) is 16.7 Å². The number of amides is 1. The lowest BCUT2D eigenvalue weighted by Gasteiger charge is -2.67. The second kappa shape index (κ2) is 15.2. The number of hydrogen-bond donors (Lipinski definition) is 5. The summed E-state index contributed by atoms with van der Waals surface area (Å²) in [5, 5.41) is 51.6. The number of esters is 3. The number of alkyl carbamates (subject to hydrolysis) is 1. The van der Waals surface area contributed by atoms with Crippen LogP contribution in [0.1, 0.15) is 91.6 Å². The quantitative estimate of drug-likeness (QED) is 0.146. The normalized spacial score (nSPS) is 33.7. The predicted molar refractivity (Wildman–Crippen MR) is 206 cm³/mol. The number of benzene rings is 2. The molecular formula is C43H55NO14. The van der Waals surface area contributed by atoms with E-state index in [-0.39, 0.29) is 31.2 Å². The fourth-order valence-electron chi connectivity index (χ4n) is 9.56. The Morgan fingerprint density at radius 1 is 0.966 bits per heavy atom. The maximum absolute atomic E-state index is 14.9. The van der Waals surface area contributed by atoms with Gasteiger partial charge in [0.2, 0.25) is 0 Å². The third-order valence-electron chi connectivity index (χ3n) is 12.6. The van der Waals surface area contributed by atoms with Crippen molar-refractivity contribution < 1.29 is 69.5 Å². The molecule has 5 N–H and O–H groups in total. The highest BCUT2D eigenvalue weighted by Crippen LogP contribution is 2.64. The number of aliphatic hydroxyl groups excluding tert-OH is 3. The average Bonchev–Trinajstić information content (AvgIpc) is 3.14. The minimum Gasteiger partial charge on any atom is -0.456 e. The second-order valence-electron chi connectivity index (χ2n) is 17.6. The number of carbonyl (C=O) groups excluding carboxylic acids is 5. The molecule has 2 saturated carbocycles. The van der Waals surface area contributed by atoms with Crippen molar-refractivity contribution in [3.05, 3.63) is 82.9 Å². The topological polar surface area (TPSA) is 224 Å². The van der Waals surface area contributed by atoms with Crippen molar-refractivity contribution in [3.8, 4) is 0 Å². The van der Waals surface area contributed by atoms with Gasteiger partial charge in [-0.3, -0.25) is 9.59 Å². The predicted octanol–water partition coefficient (Wildman–Crippen LogP) is 3.51. The molecule has 0 aromatic heterocycles. The molecule has 0 spiro atoms. The lowest BCUT2D eigenvalue weighted by molar-refractivity contribution is -0.346. The highest BCUT2D eigenvalue weighted by Gasteiger charge is 2.78. The number of aliphatic hydroxyl groups is 4. The number of hydrogen-bond acceptors (Lipinski definition) is 14. The molecule has 0 radical (unpaired) electrons. The third kappa shape index (κ3) is 7.10. The van der Waals surface area contributed by atoms with Crippen molar-refractivity contribution in [1.82, 2.24) is 5.32 Å². The molecule has 3 aliphatic carbocycles. The molecule has 2 bridgehead atoms. The van der Waals surface area contributed by atoms with Gasteiger partial charge in [0.05, 0.1) is 35.6 Å². The number of rotatable bonds is 8. The standard InChI is InChI=1S/C43H53NO14.H2/c1-22-26(55-37(51)32(48)30(24-15-11-9-12-16-24)44-38(52)58-39(3,4)5)20-43(53)35(56-36(50)25-17-13-10-14-18-25)33-41(8,34(49)31(47)29(22)40(43,6)7)27(46)19-28-42(33,21-54-28)57-23(2)45;/h9-18,26-28,30-33,35,46-48,53H,19-21H2,1-8H3,(H,44,52);1H/t26-,27-,28+,30-,31+,32+,33-,35-,41+,42-,43+;/m0./s1. The van der Waals surface area contributed by atoms with Gasteiger partial charge in [0.25, 0.3) is 0 Å². The van der Waals surface area contributed by atoms with Crippen molar-refractivity contribution in [2.75, 3.05) is 6.61 Å². The van der Waals surface area contributed by atoms with Crippen LogP contribution in [-0.4, -0.2) is 110 Å². The van der Waals surface area contributed by atoms with Crippen molar-refractivity contribution in [2.45, 2.75) is 128 Å². The molecule has 4 aliphatic rings. The molecule has 6 rings (SSSR count). The fourth-order valence-corrected chi connectivity index (χ4v) is 9.56. The average molecular weight is 810 g/mol. The Morgan fingerprint density at radius 3 is 2.12 bits per heavy atom. The van der Waals surface area contributed by atoms with E-state index in [0.29, 0.717) is 5.56 Å². The highest BCUT2D eigenvalue weighted by molar-refractivity contribution is 5.94. The van der Waals surface area contributed by atoms with E-state index in [1.54, 1.807) is 83.1 Å². The van der Waals surface area contributed by atoms with Gasteiger partial charge < -0.3 is 49.4 Å². The lowest BCUT2D eigenvalue weighted by Crippen LogP contribution is -2.81. The summed E-state index contributed by atoms with van der Waals surface area (Å²) < 4.78 is 29.5. The molecule has 11 atom stereocenters. The molecule has 3 fully saturated rings. The minimum absolute atomic E-state index is 0. The van der Waals surface area contributed by atoms with Crippen molar-refractivity contribution >= 4 is 29.8 Å². The molecule has 1 saturated heterocycles. The van der Waals surface area contributed by atoms with E-state index in [2.05, 4.69) is 5.32 Å². The van der Waals surface area contributed by atoms with Crippen LogP contribution in [0.4, 0.5) is 4.79 Å². The van der Waals surface area contributed by atoms with Crippen LogP contribution in [0.15, 0.2) is 71.8 Å². The number of ether oxygens (including phenoxy) is 5. The van der Waals surface area contributed by atoms with Gasteiger partial charge in [0.1, 0.15) is 35.6 Å². The van der Waals surface area contributed by atoms with Gasteiger partial charge in [0, 0.05) is 26.6 Å². The first-order valence-corrected chi connectivity index (χ1v) is 19.3. The molecule has 1 amide bonds. The second-order valence-corrected chi connectivity index (χ2v) is 17.6. The number of fused-ring (bicyclic) bond motifs is 5. The molecular weight excluding hydrogens is 754 g/mol. The van der Waals surface area contributed by atoms with Gasteiger partial charge in [0.15, 0.2) is 17.5 Å². The van der Waals surface area contributed by atoms with Crippen LogP contribution in [0.25, 0.3) is 0 Å². The zero-order valence-corrected chi connectivity index (χ0v) is 33.9. The third-order valence-corrected chi connectivity index (χ3v) is 12.6. The molecule has 15 nitrogen and oxygen atoms in total. The lowest BCUT2D eigenvalue weighted by atomic mass is 9.44. The maximum atomic E-state index is 14.9. The van der Waals surface area contributed by atoms with Crippen LogP contribution < -0.4 is 5.32 Å². The van der Waals surface area contributed by atoms with E-state index in [1.165, 1.54) is 26.0 Å². The van der Waals surface area contributed by atoms with E-state index >= 15 is 0 Å². The number of carbonyl (C=O) groups is 5. The smallest absolute Gasteiger partial charge is 0.408 e. The molecule has 58 heavy (non-hydrogen) atoms. The van der Waals surface area contributed by atoms with Crippen LogP contribution in [0, 0.1) is 16.7 Å². The number of Topliss-reactive ketones (excluding diaryl/α,β-unsaturated/α-hetero) is 1. The summed E-state index contributed by atoms with van der Waals surface area (Å²) in [7, 11) is 0. The summed E-state index contributed by atoms with van der Waals surface area (Å²) in [6.45, 7) is 11.8. The van der Waals surface area contributed by atoms with Crippen LogP contribution >= 0.6 is 0 Å². The Bertz CT molecular complexity index is 1980. The molecule has 316 valence electrons. The zero-order chi connectivity index (χ0) is 42.7. The first-order valence-electron chi connectivity index (χ1n) is 19.3. The van der Waals surface area contributed by atoms with E-state index in [0.717, 1.165) is 6.92 Å². The summed E-state index contributed by atoms with van der Waals surface area (Å²) in [6, 6.07) is 14.6. The fraction of sp³-hybridized carbons (Fsp3) is 0.558. The van der Waals surface area contributed by atoms with Crippen molar-refractivity contribution in [1.29, 1.82) is 0 Å². The summed E-state index contributed by atoms with van der Waals surface area (Å²) in [5.41, 5.74) is -8.14. The van der Waals surface area contributed by atoms with Gasteiger partial charge in [-0.25, -0.2) is 14.4 Å². The Kier molecular flexibility index (Phi) is 11.2. The Balaban J connectivity index is 0.00000661. The van der Waals surface area contributed by atoms with Crippen LogP contribution in [0.5, 0.6) is 0 Å². The maximum Gasteiger partial charge on any atom is 0.408 e. The highest BCUT2D eigenvalue weighted by atomic mass is 16.6. The van der Waals surface area contributed by atoms with Crippen LogP contribution in [0.3, 0.4) is 0 Å². The zero-order valence-electron chi connectivity index (χ0n) is 33.9. The van der Waals surface area contributed by atoms with E-state index in [4.69, 9.17) is 23.7 Å². The van der Waals surface area contributed by atoms with Gasteiger partial charge in [-0.15, -0.1) is 0 Å². The molecule has 2 aromatic carbocycles. The molecule has 2 aromatic rings. The van der Waals surface area contributed by atoms with Gasteiger partial charge in [-0.1, -0.05) is 62.4 Å². The first kappa shape index (κ1) is 42.9. The Hall–Kier alpha value is -4.67. The van der Waals surface area contributed by atoms with Gasteiger partial charge in [-0.05, 0) is 63.5 Å². The van der Waals surface area contributed by atoms with Crippen LogP contribution in [-0.2, 0) is 38.1 Å².